The molecule has 148 valence electrons. The Balaban J connectivity index is 1.66. The smallest absolute Gasteiger partial charge is 0.220 e. The van der Waals surface area contributed by atoms with E-state index in [9.17, 15) is 4.79 Å². The van der Waals surface area contributed by atoms with Crippen LogP contribution in [0, 0.1) is 6.92 Å². The van der Waals surface area contributed by atoms with Crippen molar-refractivity contribution in [1.29, 1.82) is 0 Å². The Morgan fingerprint density at radius 1 is 0.867 bits per heavy atom. The van der Waals surface area contributed by atoms with E-state index in [1.54, 1.807) is 12.1 Å². The minimum atomic E-state index is -0.132. The monoisotopic (exact) mass is 430 g/mol. The van der Waals surface area contributed by atoms with Gasteiger partial charge in [0.15, 0.2) is 5.04 Å². The van der Waals surface area contributed by atoms with Gasteiger partial charge >= 0.3 is 0 Å². The van der Waals surface area contributed by atoms with Crippen LogP contribution in [0.1, 0.15) is 15.9 Å². The SMILES string of the molecule is Cc1ccc(S/C(=N/Nc2ccc(Cl)cc2)C(=O)c2ccc3ccccc3c2)cc1. The molecule has 0 heterocycles. The molecule has 0 radical (unpaired) electrons. The predicted molar refractivity (Wildman–Crippen MR) is 128 cm³/mol. The molecule has 0 bridgehead atoms. The zero-order valence-corrected chi connectivity index (χ0v) is 17.9. The highest BCUT2D eigenvalue weighted by Crippen LogP contribution is 2.25. The van der Waals surface area contributed by atoms with Crippen LogP contribution in [-0.4, -0.2) is 10.8 Å². The highest BCUT2D eigenvalue weighted by atomic mass is 35.5. The van der Waals surface area contributed by atoms with E-state index in [1.807, 2.05) is 85.8 Å². The Morgan fingerprint density at radius 3 is 2.30 bits per heavy atom. The lowest BCUT2D eigenvalue weighted by Crippen LogP contribution is -2.13. The van der Waals surface area contributed by atoms with Crippen LogP contribution in [0.4, 0.5) is 5.69 Å². The third kappa shape index (κ3) is 4.90. The van der Waals surface area contributed by atoms with Crippen LogP contribution in [0.3, 0.4) is 0 Å². The fourth-order valence-electron chi connectivity index (χ4n) is 2.93. The Bertz CT molecular complexity index is 1220. The van der Waals surface area contributed by atoms with Crippen molar-refractivity contribution in [3.63, 3.8) is 0 Å². The van der Waals surface area contributed by atoms with Crippen molar-refractivity contribution in [1.82, 2.24) is 0 Å². The van der Waals surface area contributed by atoms with E-state index < -0.39 is 0 Å². The first-order valence-corrected chi connectivity index (χ1v) is 10.7. The summed E-state index contributed by atoms with van der Waals surface area (Å²) in [7, 11) is 0. The number of hydrogen-bond donors (Lipinski definition) is 1. The molecule has 30 heavy (non-hydrogen) atoms. The van der Waals surface area contributed by atoms with E-state index in [0.29, 0.717) is 15.6 Å². The van der Waals surface area contributed by atoms with Gasteiger partial charge in [-0.05, 0) is 60.2 Å². The van der Waals surface area contributed by atoms with Crippen LogP contribution in [0.25, 0.3) is 10.8 Å². The molecule has 0 aromatic heterocycles. The maximum Gasteiger partial charge on any atom is 0.220 e. The van der Waals surface area contributed by atoms with Crippen LogP contribution in [0.2, 0.25) is 5.02 Å². The number of carbonyl (C=O) groups is 1. The maximum atomic E-state index is 13.3. The quantitative estimate of drug-likeness (QED) is 0.120. The van der Waals surface area contributed by atoms with Gasteiger partial charge in [0.2, 0.25) is 5.78 Å². The average Bonchev–Trinajstić information content (AvgIpc) is 2.78. The van der Waals surface area contributed by atoms with E-state index in [1.165, 1.54) is 11.8 Å². The van der Waals surface area contributed by atoms with Crippen LogP contribution < -0.4 is 5.43 Å². The molecule has 0 aliphatic rings. The molecular weight excluding hydrogens is 412 g/mol. The standard InChI is InChI=1S/C25H19ClN2OS/c1-17-6-14-23(15-7-17)30-25(28-27-22-12-10-21(26)11-13-22)24(29)20-9-8-18-4-2-3-5-19(18)16-20/h2-16,27H,1H3/b28-25+. The van der Waals surface area contributed by atoms with Crippen LogP contribution in [-0.2, 0) is 0 Å². The van der Waals surface area contributed by atoms with Gasteiger partial charge in [-0.2, -0.15) is 5.10 Å². The van der Waals surface area contributed by atoms with Crippen LogP contribution in [0.5, 0.6) is 0 Å². The fourth-order valence-corrected chi connectivity index (χ4v) is 3.85. The van der Waals surface area contributed by atoms with Crippen molar-refractivity contribution < 1.29 is 4.79 Å². The summed E-state index contributed by atoms with van der Waals surface area (Å²) in [5.41, 5.74) is 5.50. The molecular formula is C25H19ClN2OS. The predicted octanol–water partition coefficient (Wildman–Crippen LogP) is 7.20. The largest absolute Gasteiger partial charge is 0.286 e. The number of halogens is 1. The molecule has 0 amide bonds. The summed E-state index contributed by atoms with van der Waals surface area (Å²) in [5, 5.41) is 7.56. The lowest BCUT2D eigenvalue weighted by atomic mass is 10.0. The Labute approximate surface area is 184 Å². The Morgan fingerprint density at radius 2 is 1.57 bits per heavy atom. The summed E-state index contributed by atoms with van der Waals surface area (Å²) in [6.07, 6.45) is 0. The first-order chi connectivity index (χ1) is 14.6. The zero-order valence-electron chi connectivity index (χ0n) is 16.3. The highest BCUT2D eigenvalue weighted by molar-refractivity contribution is 8.15. The molecule has 0 spiro atoms. The fraction of sp³-hybridized carbons (Fsp3) is 0.0400. The maximum absolute atomic E-state index is 13.3. The summed E-state index contributed by atoms with van der Waals surface area (Å²) >= 11 is 7.29. The average molecular weight is 431 g/mol. The molecule has 3 nitrogen and oxygen atoms in total. The molecule has 0 unspecified atom stereocenters. The van der Waals surface area contributed by atoms with Crippen molar-refractivity contribution in [2.75, 3.05) is 5.43 Å². The van der Waals surface area contributed by atoms with E-state index in [0.717, 1.165) is 26.9 Å². The van der Waals surface area contributed by atoms with Gasteiger partial charge < -0.3 is 0 Å². The first kappa shape index (κ1) is 20.2. The molecule has 4 rings (SSSR count). The second-order valence-electron chi connectivity index (χ2n) is 6.84. The van der Waals surface area contributed by atoms with Crippen molar-refractivity contribution in [3.05, 3.63) is 107 Å². The van der Waals surface area contributed by atoms with Crippen molar-refractivity contribution >= 4 is 50.6 Å². The summed E-state index contributed by atoms with van der Waals surface area (Å²) in [6, 6.07) is 28.9. The minimum Gasteiger partial charge on any atom is -0.286 e. The van der Waals surface area contributed by atoms with Gasteiger partial charge in [0.05, 0.1) is 5.69 Å². The number of carbonyl (C=O) groups excluding carboxylic acids is 1. The van der Waals surface area contributed by atoms with E-state index >= 15 is 0 Å². The third-order valence-electron chi connectivity index (χ3n) is 4.57. The molecule has 4 aromatic rings. The minimum absolute atomic E-state index is 0.132. The second kappa shape index (κ2) is 9.16. The van der Waals surface area contributed by atoms with Gasteiger partial charge in [0.25, 0.3) is 0 Å². The number of Topliss-reactive ketones (excluding diaryl/α,β-unsaturated/α-hetero) is 1. The lowest BCUT2D eigenvalue weighted by Gasteiger charge is -2.09. The van der Waals surface area contributed by atoms with Crippen LogP contribution in [0.15, 0.2) is 101 Å². The summed E-state index contributed by atoms with van der Waals surface area (Å²) in [4.78, 5) is 14.3. The second-order valence-corrected chi connectivity index (χ2v) is 8.34. The molecule has 5 heteroatoms. The van der Waals surface area contributed by atoms with Crippen LogP contribution >= 0.6 is 23.4 Å². The number of anilines is 1. The number of fused-ring (bicyclic) bond motifs is 1. The molecule has 0 saturated carbocycles. The zero-order chi connectivity index (χ0) is 20.9. The molecule has 4 aromatic carbocycles. The van der Waals surface area contributed by atoms with Crippen molar-refractivity contribution in [2.24, 2.45) is 5.10 Å². The van der Waals surface area contributed by atoms with Gasteiger partial charge in [-0.3, -0.25) is 10.2 Å². The first-order valence-electron chi connectivity index (χ1n) is 9.46. The number of nitrogens with zero attached hydrogens (tertiary/aromatic N) is 1. The number of benzene rings is 4. The molecule has 0 saturated heterocycles. The topological polar surface area (TPSA) is 41.5 Å². The highest BCUT2D eigenvalue weighted by Gasteiger charge is 2.17. The Hall–Kier alpha value is -3.08. The number of ketones is 1. The third-order valence-corrected chi connectivity index (χ3v) is 5.80. The van der Waals surface area contributed by atoms with E-state index in [-0.39, 0.29) is 5.78 Å². The molecule has 1 N–H and O–H groups in total. The van der Waals surface area contributed by atoms with E-state index in [4.69, 9.17) is 11.6 Å². The van der Waals surface area contributed by atoms with Gasteiger partial charge in [-0.15, -0.1) is 0 Å². The van der Waals surface area contributed by atoms with Gasteiger partial charge in [-0.25, -0.2) is 0 Å². The number of rotatable bonds is 5. The lowest BCUT2D eigenvalue weighted by molar-refractivity contribution is 0.106. The van der Waals surface area contributed by atoms with E-state index in [2.05, 4.69) is 10.5 Å². The van der Waals surface area contributed by atoms with Gasteiger partial charge in [-0.1, -0.05) is 77.5 Å². The molecule has 0 aliphatic carbocycles. The normalized spacial score (nSPS) is 11.5. The summed E-state index contributed by atoms with van der Waals surface area (Å²) in [5.74, 6) is -0.132. The Kier molecular flexibility index (Phi) is 6.17. The van der Waals surface area contributed by atoms with Gasteiger partial charge in [0.1, 0.15) is 0 Å². The molecule has 0 atom stereocenters. The molecule has 0 fully saturated rings. The summed E-state index contributed by atoms with van der Waals surface area (Å²) in [6.45, 7) is 2.03. The number of hydrogen-bond acceptors (Lipinski definition) is 4. The summed E-state index contributed by atoms with van der Waals surface area (Å²) < 4.78 is 0. The number of hydrazone groups is 1. The van der Waals surface area contributed by atoms with Crippen molar-refractivity contribution in [3.8, 4) is 0 Å². The molecule has 0 aliphatic heterocycles. The van der Waals surface area contributed by atoms with Crippen molar-refractivity contribution in [2.45, 2.75) is 11.8 Å². The number of thioether (sulfide) groups is 1. The number of aryl methyl sites for hydroxylation is 1. The van der Waals surface area contributed by atoms with Gasteiger partial charge in [0, 0.05) is 15.5 Å². The number of nitrogens with one attached hydrogen (secondary N) is 1.